The number of hydrogen-bond acceptors (Lipinski definition) is 4. The summed E-state index contributed by atoms with van der Waals surface area (Å²) in [4.78, 5) is 7.01. The number of nitrogens with zero attached hydrogens (tertiary/aromatic N) is 4. The van der Waals surface area contributed by atoms with Gasteiger partial charge in [0.05, 0.1) is 27.6 Å². The molecule has 1 unspecified atom stereocenters. The number of aromatic nitrogens is 3. The second kappa shape index (κ2) is 5.48. The van der Waals surface area contributed by atoms with E-state index in [0.29, 0.717) is 6.04 Å². The first kappa shape index (κ1) is 13.9. The van der Waals surface area contributed by atoms with Gasteiger partial charge < -0.3 is 0 Å². The molecule has 0 fully saturated rings. The van der Waals surface area contributed by atoms with Crippen LogP contribution in [-0.4, -0.2) is 26.2 Å². The number of hydrogen-bond donors (Lipinski definition) is 0. The van der Waals surface area contributed by atoms with Crippen LogP contribution in [0.4, 0.5) is 0 Å². The molecule has 0 spiro atoms. The second-order valence-electron chi connectivity index (χ2n) is 6.07. The third-order valence-corrected chi connectivity index (χ3v) is 5.59. The van der Waals surface area contributed by atoms with Gasteiger partial charge in [0.25, 0.3) is 0 Å². The van der Waals surface area contributed by atoms with E-state index in [1.165, 1.54) is 27.9 Å². The summed E-state index contributed by atoms with van der Waals surface area (Å²) in [7, 11) is 2.05. The highest BCUT2D eigenvalue weighted by Crippen LogP contribution is 2.29. The molecule has 3 heterocycles. The van der Waals surface area contributed by atoms with Gasteiger partial charge in [-0.25, -0.2) is 4.98 Å². The van der Waals surface area contributed by atoms with Crippen molar-refractivity contribution >= 4 is 21.6 Å². The first-order chi connectivity index (χ1) is 10.7. The molecule has 0 aliphatic carbocycles. The Morgan fingerprint density at radius 2 is 2.23 bits per heavy atom. The molecule has 0 bridgehead atoms. The molecule has 1 aromatic carbocycles. The van der Waals surface area contributed by atoms with Gasteiger partial charge >= 0.3 is 0 Å². The van der Waals surface area contributed by atoms with Crippen LogP contribution in [0.25, 0.3) is 10.2 Å². The molecule has 0 radical (unpaired) electrons. The van der Waals surface area contributed by atoms with Gasteiger partial charge in [0.2, 0.25) is 0 Å². The number of rotatable bonds is 2. The molecule has 4 nitrogen and oxygen atoms in total. The van der Waals surface area contributed by atoms with Crippen molar-refractivity contribution in [2.75, 3.05) is 6.54 Å². The van der Waals surface area contributed by atoms with Gasteiger partial charge in [-0.3, -0.25) is 9.58 Å². The first-order valence-corrected chi connectivity index (χ1v) is 8.67. The van der Waals surface area contributed by atoms with Crippen LogP contribution in [0.3, 0.4) is 0 Å². The highest BCUT2D eigenvalue weighted by atomic mass is 32.1. The highest BCUT2D eigenvalue weighted by molar-refractivity contribution is 7.16. The van der Waals surface area contributed by atoms with Crippen molar-refractivity contribution in [1.82, 2.24) is 19.7 Å². The van der Waals surface area contributed by atoms with Gasteiger partial charge in [0.15, 0.2) is 0 Å². The Hall–Kier alpha value is -1.72. The smallest absolute Gasteiger partial charge is 0.0815 e. The normalized spacial score (nSPS) is 17.4. The largest absolute Gasteiger partial charge is 0.291 e. The Labute approximate surface area is 134 Å². The quantitative estimate of drug-likeness (QED) is 0.726. The Balaban J connectivity index is 1.64. The van der Waals surface area contributed by atoms with E-state index in [1.807, 2.05) is 23.4 Å². The summed E-state index contributed by atoms with van der Waals surface area (Å²) < 4.78 is 3.30. The van der Waals surface area contributed by atoms with Gasteiger partial charge in [-0.1, -0.05) is 6.07 Å². The predicted octanol–water partition coefficient (Wildman–Crippen LogP) is 3.54. The molecule has 0 saturated heterocycles. The minimum absolute atomic E-state index is 0.395. The summed E-state index contributed by atoms with van der Waals surface area (Å²) in [5, 5.41) is 4.42. The highest BCUT2D eigenvalue weighted by Gasteiger charge is 2.22. The molecule has 1 aliphatic rings. The summed E-state index contributed by atoms with van der Waals surface area (Å²) in [6, 6.07) is 7.09. The van der Waals surface area contributed by atoms with Crippen LogP contribution < -0.4 is 0 Å². The lowest BCUT2D eigenvalue weighted by Crippen LogP contribution is -2.27. The fourth-order valence-electron chi connectivity index (χ4n) is 3.34. The molecular formula is C17H20N4S. The fourth-order valence-corrected chi connectivity index (χ4v) is 4.00. The van der Waals surface area contributed by atoms with Crippen molar-refractivity contribution in [3.63, 3.8) is 0 Å². The SMILES string of the molecule is CC(c1ccc2scnc2c1)N1CCCc2cnn(C)c2C1. The molecule has 2 aromatic heterocycles. The molecule has 1 aliphatic heterocycles. The lowest BCUT2D eigenvalue weighted by Gasteiger charge is -2.28. The number of thiazole rings is 1. The van der Waals surface area contributed by atoms with E-state index in [9.17, 15) is 0 Å². The van der Waals surface area contributed by atoms with E-state index in [0.717, 1.165) is 25.0 Å². The zero-order valence-electron chi connectivity index (χ0n) is 13.0. The van der Waals surface area contributed by atoms with Crippen LogP contribution in [0.5, 0.6) is 0 Å². The Kier molecular flexibility index (Phi) is 3.47. The molecule has 5 heteroatoms. The standard InChI is InChI=1S/C17H20N4S/c1-12(13-5-6-17-15(8-13)18-11-22-17)21-7-3-4-14-9-19-20(2)16(14)10-21/h5-6,8-9,11-12H,3-4,7,10H2,1-2H3. The maximum Gasteiger partial charge on any atom is 0.0815 e. The van der Waals surface area contributed by atoms with E-state index in [1.54, 1.807) is 11.3 Å². The van der Waals surface area contributed by atoms with Crippen molar-refractivity contribution in [2.24, 2.45) is 7.05 Å². The van der Waals surface area contributed by atoms with E-state index in [2.05, 4.69) is 40.1 Å². The van der Waals surface area contributed by atoms with E-state index < -0.39 is 0 Å². The summed E-state index contributed by atoms with van der Waals surface area (Å²) >= 11 is 1.70. The third-order valence-electron chi connectivity index (χ3n) is 4.78. The minimum atomic E-state index is 0.395. The molecule has 0 saturated carbocycles. The molecule has 1 atom stereocenters. The van der Waals surface area contributed by atoms with Gasteiger partial charge in [0.1, 0.15) is 0 Å². The zero-order chi connectivity index (χ0) is 15.1. The topological polar surface area (TPSA) is 34.0 Å². The zero-order valence-corrected chi connectivity index (χ0v) is 13.8. The van der Waals surface area contributed by atoms with Gasteiger partial charge in [-0.15, -0.1) is 11.3 Å². The van der Waals surface area contributed by atoms with Crippen molar-refractivity contribution < 1.29 is 0 Å². The minimum Gasteiger partial charge on any atom is -0.291 e. The predicted molar refractivity (Wildman–Crippen MR) is 90.0 cm³/mol. The maximum atomic E-state index is 4.45. The van der Waals surface area contributed by atoms with Crippen LogP contribution in [0.15, 0.2) is 29.9 Å². The van der Waals surface area contributed by atoms with Crippen molar-refractivity contribution in [1.29, 1.82) is 0 Å². The number of aryl methyl sites for hydroxylation is 2. The van der Waals surface area contributed by atoms with Crippen molar-refractivity contribution in [3.05, 3.63) is 46.7 Å². The summed E-state index contributed by atoms with van der Waals surface area (Å²) in [5.41, 5.74) is 7.16. The molecule has 114 valence electrons. The Morgan fingerprint density at radius 1 is 1.32 bits per heavy atom. The average molecular weight is 312 g/mol. The lowest BCUT2D eigenvalue weighted by atomic mass is 10.1. The monoisotopic (exact) mass is 312 g/mol. The summed E-state index contributed by atoms with van der Waals surface area (Å²) in [6.45, 7) is 4.40. The molecule has 0 amide bonds. The van der Waals surface area contributed by atoms with Crippen molar-refractivity contribution in [3.8, 4) is 0 Å². The van der Waals surface area contributed by atoms with E-state index >= 15 is 0 Å². The Bertz CT molecular complexity index is 804. The average Bonchev–Trinajstić information content (AvgIpc) is 3.06. The molecular weight excluding hydrogens is 292 g/mol. The van der Waals surface area contributed by atoms with E-state index in [-0.39, 0.29) is 0 Å². The molecule has 3 aromatic rings. The number of fused-ring (bicyclic) bond motifs is 2. The second-order valence-corrected chi connectivity index (χ2v) is 6.96. The molecule has 0 N–H and O–H groups in total. The fraction of sp³-hybridized carbons (Fsp3) is 0.412. The van der Waals surface area contributed by atoms with Crippen LogP contribution in [0.1, 0.15) is 36.2 Å². The molecule has 4 rings (SSSR count). The van der Waals surface area contributed by atoms with Crippen LogP contribution in [0.2, 0.25) is 0 Å². The molecule has 22 heavy (non-hydrogen) atoms. The lowest BCUT2D eigenvalue weighted by molar-refractivity contribution is 0.200. The summed E-state index contributed by atoms with van der Waals surface area (Å²) in [5.74, 6) is 0. The van der Waals surface area contributed by atoms with E-state index in [4.69, 9.17) is 0 Å². The van der Waals surface area contributed by atoms with Gasteiger partial charge in [0, 0.05) is 19.6 Å². The van der Waals surface area contributed by atoms with Crippen molar-refractivity contribution in [2.45, 2.75) is 32.4 Å². The maximum absolute atomic E-state index is 4.45. The van der Waals surface area contributed by atoms with Crippen LogP contribution in [-0.2, 0) is 20.0 Å². The summed E-state index contributed by atoms with van der Waals surface area (Å²) in [6.07, 6.45) is 4.37. The van der Waals surface area contributed by atoms with Crippen LogP contribution >= 0.6 is 11.3 Å². The van der Waals surface area contributed by atoms with Crippen LogP contribution in [0, 0.1) is 0 Å². The Morgan fingerprint density at radius 3 is 3.14 bits per heavy atom. The first-order valence-electron chi connectivity index (χ1n) is 7.79. The van der Waals surface area contributed by atoms with Gasteiger partial charge in [-0.05, 0) is 49.6 Å². The number of benzene rings is 1. The third kappa shape index (κ3) is 2.34. The van der Waals surface area contributed by atoms with Gasteiger partial charge in [-0.2, -0.15) is 5.10 Å².